The molecule has 18 heavy (non-hydrogen) atoms. The molecule has 1 N–H and O–H groups in total. The molecule has 1 saturated heterocycles. The second-order valence-corrected chi connectivity index (χ2v) is 5.61. The molecular weight excluding hydrogens is 230 g/mol. The second kappa shape index (κ2) is 7.74. The summed E-state index contributed by atoms with van der Waals surface area (Å²) < 4.78 is 5.42. The second-order valence-electron chi connectivity index (χ2n) is 5.61. The molecule has 0 radical (unpaired) electrons. The van der Waals surface area contributed by atoms with Gasteiger partial charge in [-0.05, 0) is 46.0 Å². The Bertz CT molecular complexity index is 247. The molecule has 1 amide bonds. The highest BCUT2D eigenvalue weighted by Gasteiger charge is 2.21. The Hall–Kier alpha value is -0.610. The van der Waals surface area contributed by atoms with E-state index in [4.69, 9.17) is 4.74 Å². The third-order valence-corrected chi connectivity index (χ3v) is 3.43. The zero-order chi connectivity index (χ0) is 13.5. The van der Waals surface area contributed by atoms with E-state index < -0.39 is 6.10 Å². The van der Waals surface area contributed by atoms with Crippen molar-refractivity contribution in [1.29, 1.82) is 0 Å². The van der Waals surface area contributed by atoms with Crippen LogP contribution in [0, 0.1) is 5.92 Å². The van der Waals surface area contributed by atoms with Crippen molar-refractivity contribution in [3.8, 4) is 0 Å². The third-order valence-electron chi connectivity index (χ3n) is 3.43. The zero-order valence-corrected chi connectivity index (χ0v) is 11.9. The molecule has 0 aromatic carbocycles. The lowest BCUT2D eigenvalue weighted by molar-refractivity contribution is -0.134. The van der Waals surface area contributed by atoms with E-state index in [1.54, 1.807) is 11.8 Å². The average Bonchev–Trinajstić information content (AvgIpc) is 2.34. The average molecular weight is 257 g/mol. The van der Waals surface area contributed by atoms with Crippen molar-refractivity contribution in [1.82, 2.24) is 4.90 Å². The minimum absolute atomic E-state index is 0.148. The molecular formula is C14H27NO3. The summed E-state index contributed by atoms with van der Waals surface area (Å²) in [5.74, 6) is 0.680. The molecule has 4 nitrogen and oxygen atoms in total. The Morgan fingerprint density at radius 2 is 2.17 bits per heavy atom. The van der Waals surface area contributed by atoms with Crippen LogP contribution in [0.4, 0.5) is 0 Å². The summed E-state index contributed by atoms with van der Waals surface area (Å²) in [6.45, 7) is 7.79. The van der Waals surface area contributed by atoms with Crippen LogP contribution in [0.25, 0.3) is 0 Å². The fourth-order valence-corrected chi connectivity index (χ4v) is 2.39. The molecule has 0 aromatic rings. The standard InChI is InChI=1S/C14H27NO3/c1-11(2)15(9-12(3)16)14(17)7-6-13-5-4-8-18-10-13/h11-13,16H,4-10H2,1-3H3. The quantitative estimate of drug-likeness (QED) is 0.789. The number of carbonyl (C=O) groups excluding carboxylic acids is 1. The first-order valence-corrected chi connectivity index (χ1v) is 7.06. The maximum Gasteiger partial charge on any atom is 0.222 e. The van der Waals surface area contributed by atoms with E-state index >= 15 is 0 Å². The predicted octanol–water partition coefficient (Wildman–Crippen LogP) is 1.81. The van der Waals surface area contributed by atoms with Crippen LogP contribution < -0.4 is 0 Å². The van der Waals surface area contributed by atoms with Crippen LogP contribution >= 0.6 is 0 Å². The number of nitrogens with zero attached hydrogens (tertiary/aromatic N) is 1. The normalized spacial score (nSPS) is 21.9. The molecule has 0 bridgehead atoms. The number of amides is 1. The zero-order valence-electron chi connectivity index (χ0n) is 11.9. The Morgan fingerprint density at radius 3 is 2.67 bits per heavy atom. The van der Waals surface area contributed by atoms with E-state index in [9.17, 15) is 9.90 Å². The topological polar surface area (TPSA) is 49.8 Å². The number of rotatable bonds is 6. The first-order valence-electron chi connectivity index (χ1n) is 7.06. The summed E-state index contributed by atoms with van der Waals surface area (Å²) in [5, 5.41) is 9.42. The minimum atomic E-state index is -0.464. The van der Waals surface area contributed by atoms with Crippen molar-refractivity contribution in [2.75, 3.05) is 19.8 Å². The van der Waals surface area contributed by atoms with Gasteiger partial charge in [-0.15, -0.1) is 0 Å². The molecule has 106 valence electrons. The number of aliphatic hydroxyl groups is 1. The lowest BCUT2D eigenvalue weighted by Crippen LogP contribution is -2.41. The molecule has 4 heteroatoms. The summed E-state index contributed by atoms with van der Waals surface area (Å²) in [5.41, 5.74) is 0. The Labute approximate surface area is 110 Å². The van der Waals surface area contributed by atoms with E-state index in [0.29, 0.717) is 18.9 Å². The van der Waals surface area contributed by atoms with Gasteiger partial charge in [-0.3, -0.25) is 4.79 Å². The largest absolute Gasteiger partial charge is 0.392 e. The number of aliphatic hydroxyl groups excluding tert-OH is 1. The van der Waals surface area contributed by atoms with Gasteiger partial charge in [0, 0.05) is 32.2 Å². The molecule has 2 atom stereocenters. The van der Waals surface area contributed by atoms with Crippen LogP contribution in [0.5, 0.6) is 0 Å². The van der Waals surface area contributed by atoms with Gasteiger partial charge in [0.15, 0.2) is 0 Å². The first-order chi connectivity index (χ1) is 8.50. The van der Waals surface area contributed by atoms with E-state index in [0.717, 1.165) is 26.1 Å². The maximum absolute atomic E-state index is 12.1. The smallest absolute Gasteiger partial charge is 0.222 e. The highest BCUT2D eigenvalue weighted by Crippen LogP contribution is 2.19. The Kier molecular flexibility index (Phi) is 6.65. The van der Waals surface area contributed by atoms with Crippen LogP contribution in [-0.4, -0.2) is 47.8 Å². The van der Waals surface area contributed by atoms with Gasteiger partial charge in [-0.25, -0.2) is 0 Å². The van der Waals surface area contributed by atoms with Gasteiger partial charge in [0.05, 0.1) is 6.10 Å². The fourth-order valence-electron chi connectivity index (χ4n) is 2.39. The molecule has 1 heterocycles. The van der Waals surface area contributed by atoms with Crippen LogP contribution in [0.1, 0.15) is 46.5 Å². The molecule has 0 spiro atoms. The monoisotopic (exact) mass is 257 g/mol. The van der Waals surface area contributed by atoms with Crippen LogP contribution in [0.2, 0.25) is 0 Å². The maximum atomic E-state index is 12.1. The molecule has 1 fully saturated rings. The van der Waals surface area contributed by atoms with Crippen molar-refractivity contribution >= 4 is 5.91 Å². The summed E-state index contributed by atoms with van der Waals surface area (Å²) in [6, 6.07) is 0.148. The SMILES string of the molecule is CC(O)CN(C(=O)CCC1CCCOC1)C(C)C. The van der Waals surface area contributed by atoms with Crippen LogP contribution in [-0.2, 0) is 9.53 Å². The Balaban J connectivity index is 2.35. The number of ether oxygens (including phenoxy) is 1. The molecule has 1 aliphatic rings. The van der Waals surface area contributed by atoms with Crippen molar-refractivity contribution < 1.29 is 14.6 Å². The highest BCUT2D eigenvalue weighted by molar-refractivity contribution is 5.76. The van der Waals surface area contributed by atoms with Gasteiger partial charge in [0.1, 0.15) is 0 Å². The van der Waals surface area contributed by atoms with Crippen molar-refractivity contribution in [3.63, 3.8) is 0 Å². The van der Waals surface area contributed by atoms with Crippen LogP contribution in [0.15, 0.2) is 0 Å². The van der Waals surface area contributed by atoms with Crippen molar-refractivity contribution in [3.05, 3.63) is 0 Å². The molecule has 1 rings (SSSR count). The fraction of sp³-hybridized carbons (Fsp3) is 0.929. The summed E-state index contributed by atoms with van der Waals surface area (Å²) in [4.78, 5) is 13.9. The number of carbonyl (C=O) groups is 1. The third kappa shape index (κ3) is 5.36. The van der Waals surface area contributed by atoms with Gasteiger partial charge in [0.2, 0.25) is 5.91 Å². The molecule has 2 unspecified atom stereocenters. The van der Waals surface area contributed by atoms with Gasteiger partial charge in [-0.1, -0.05) is 0 Å². The highest BCUT2D eigenvalue weighted by atomic mass is 16.5. The number of hydrogen-bond donors (Lipinski definition) is 1. The lowest BCUT2D eigenvalue weighted by atomic mass is 9.96. The molecule has 0 aliphatic carbocycles. The molecule has 0 saturated carbocycles. The number of hydrogen-bond acceptors (Lipinski definition) is 3. The lowest BCUT2D eigenvalue weighted by Gasteiger charge is -2.29. The first kappa shape index (κ1) is 15.4. The van der Waals surface area contributed by atoms with Crippen LogP contribution in [0.3, 0.4) is 0 Å². The molecule has 0 aromatic heterocycles. The summed E-state index contributed by atoms with van der Waals surface area (Å²) in [6.07, 6.45) is 3.29. The molecule has 1 aliphatic heterocycles. The van der Waals surface area contributed by atoms with Gasteiger partial charge < -0.3 is 14.7 Å². The van der Waals surface area contributed by atoms with E-state index in [-0.39, 0.29) is 11.9 Å². The van der Waals surface area contributed by atoms with Gasteiger partial charge in [0.25, 0.3) is 0 Å². The summed E-state index contributed by atoms with van der Waals surface area (Å²) >= 11 is 0. The van der Waals surface area contributed by atoms with Crippen molar-refractivity contribution in [2.24, 2.45) is 5.92 Å². The van der Waals surface area contributed by atoms with Gasteiger partial charge in [-0.2, -0.15) is 0 Å². The van der Waals surface area contributed by atoms with Crippen molar-refractivity contribution in [2.45, 2.75) is 58.6 Å². The Morgan fingerprint density at radius 1 is 1.44 bits per heavy atom. The van der Waals surface area contributed by atoms with Gasteiger partial charge >= 0.3 is 0 Å². The predicted molar refractivity (Wildman–Crippen MR) is 71.3 cm³/mol. The van der Waals surface area contributed by atoms with E-state index in [1.807, 2.05) is 13.8 Å². The summed E-state index contributed by atoms with van der Waals surface area (Å²) in [7, 11) is 0. The van der Waals surface area contributed by atoms with E-state index in [2.05, 4.69) is 0 Å². The van der Waals surface area contributed by atoms with E-state index in [1.165, 1.54) is 6.42 Å². The minimum Gasteiger partial charge on any atom is -0.392 e.